The summed E-state index contributed by atoms with van der Waals surface area (Å²) in [6, 6.07) is 20.7. The number of nitrogens with zero attached hydrogens (tertiary/aromatic N) is 4. The Morgan fingerprint density at radius 1 is 0.609 bits per heavy atom. The van der Waals surface area contributed by atoms with E-state index in [1.54, 1.807) is 0 Å². The zero-order valence-electron chi connectivity index (χ0n) is 12.7. The molecular formula is C19H18N4+2. The van der Waals surface area contributed by atoms with Crippen molar-refractivity contribution in [1.82, 2.24) is 9.13 Å². The van der Waals surface area contributed by atoms with Crippen LogP contribution in [0.3, 0.4) is 0 Å². The molecule has 4 heteroatoms. The second-order valence-electron chi connectivity index (χ2n) is 5.48. The summed E-state index contributed by atoms with van der Waals surface area (Å²) in [4.78, 5) is 0. The van der Waals surface area contributed by atoms with Gasteiger partial charge in [0.15, 0.2) is 0 Å². The highest BCUT2D eigenvalue weighted by atomic mass is 15.2. The molecule has 4 rings (SSSR count). The number of rotatable bonds is 4. The lowest BCUT2D eigenvalue weighted by atomic mass is 10.3. The van der Waals surface area contributed by atoms with Crippen molar-refractivity contribution >= 4 is 0 Å². The zero-order chi connectivity index (χ0) is 15.5. The molecule has 0 N–H and O–H groups in total. The van der Waals surface area contributed by atoms with Gasteiger partial charge in [-0.05, 0) is 24.3 Å². The van der Waals surface area contributed by atoms with E-state index in [4.69, 9.17) is 0 Å². The normalized spacial score (nSPS) is 10.8. The second-order valence-corrected chi connectivity index (χ2v) is 5.48. The number of hydrogen-bond donors (Lipinski definition) is 0. The molecule has 0 saturated carbocycles. The minimum atomic E-state index is 0.777. The van der Waals surface area contributed by atoms with Gasteiger partial charge in [-0.15, -0.1) is 0 Å². The molecule has 0 bridgehead atoms. The van der Waals surface area contributed by atoms with E-state index >= 15 is 0 Å². The van der Waals surface area contributed by atoms with Crippen LogP contribution in [0.25, 0.3) is 11.4 Å². The van der Waals surface area contributed by atoms with Crippen LogP contribution < -0.4 is 9.13 Å². The van der Waals surface area contributed by atoms with Gasteiger partial charge >= 0.3 is 0 Å². The minimum Gasteiger partial charge on any atom is -0.202 e. The van der Waals surface area contributed by atoms with Crippen molar-refractivity contribution in [2.45, 2.75) is 6.67 Å². The average Bonchev–Trinajstić information content (AvgIpc) is 3.27. The van der Waals surface area contributed by atoms with Gasteiger partial charge in [-0.3, -0.25) is 0 Å². The van der Waals surface area contributed by atoms with Crippen molar-refractivity contribution in [1.29, 1.82) is 0 Å². The van der Waals surface area contributed by atoms with Gasteiger partial charge in [0.05, 0.1) is 0 Å². The number of aromatic nitrogens is 4. The fourth-order valence-electron chi connectivity index (χ4n) is 2.65. The third-order valence-corrected chi connectivity index (χ3v) is 3.82. The molecule has 0 amide bonds. The van der Waals surface area contributed by atoms with Crippen molar-refractivity contribution in [3.63, 3.8) is 0 Å². The molecule has 0 fully saturated rings. The van der Waals surface area contributed by atoms with Gasteiger partial charge in [0, 0.05) is 0 Å². The first-order valence-corrected chi connectivity index (χ1v) is 7.63. The quantitative estimate of drug-likeness (QED) is 0.515. The van der Waals surface area contributed by atoms with Crippen molar-refractivity contribution < 1.29 is 9.13 Å². The van der Waals surface area contributed by atoms with Crippen LogP contribution in [0.2, 0.25) is 0 Å². The molecule has 0 saturated heterocycles. The highest BCUT2D eigenvalue weighted by Gasteiger charge is 2.10. The van der Waals surface area contributed by atoms with Crippen LogP contribution in [-0.2, 0) is 6.67 Å². The van der Waals surface area contributed by atoms with Crippen LogP contribution in [0.5, 0.6) is 0 Å². The number of imidazole rings is 2. The molecule has 0 aliphatic rings. The Labute approximate surface area is 135 Å². The average molecular weight is 302 g/mol. The highest BCUT2D eigenvalue weighted by molar-refractivity contribution is 5.30. The van der Waals surface area contributed by atoms with Crippen LogP contribution >= 0.6 is 0 Å². The van der Waals surface area contributed by atoms with Crippen LogP contribution in [0, 0.1) is 0 Å². The maximum atomic E-state index is 2.16. The molecule has 2 heterocycles. The monoisotopic (exact) mass is 302 g/mol. The van der Waals surface area contributed by atoms with Crippen LogP contribution in [-0.4, -0.2) is 9.13 Å². The predicted octanol–water partition coefficient (Wildman–Crippen LogP) is 2.35. The summed E-state index contributed by atoms with van der Waals surface area (Å²) in [6.45, 7) is 0.777. The van der Waals surface area contributed by atoms with E-state index in [1.165, 1.54) is 0 Å². The lowest BCUT2D eigenvalue weighted by Crippen LogP contribution is -2.49. The Morgan fingerprint density at radius 3 is 1.48 bits per heavy atom. The second kappa shape index (κ2) is 5.93. The smallest absolute Gasteiger partial charge is 0.202 e. The molecule has 0 radical (unpaired) electrons. The fourth-order valence-corrected chi connectivity index (χ4v) is 2.65. The number of para-hydroxylation sites is 2. The summed E-state index contributed by atoms with van der Waals surface area (Å²) in [5, 5.41) is 0. The maximum Gasteiger partial charge on any atom is 0.252 e. The standard InChI is InChI=1S/C19H18N4/c1-3-7-18(8-4-1)22-13-11-20(16-22)15-21-12-14-23(17-21)19-9-5-2-6-10-19/h1-14,16-17H,15H2/q+2. The predicted molar refractivity (Wildman–Crippen MR) is 87.3 cm³/mol. The van der Waals surface area contributed by atoms with Crippen LogP contribution in [0.1, 0.15) is 0 Å². The summed E-state index contributed by atoms with van der Waals surface area (Å²) >= 11 is 0. The summed E-state index contributed by atoms with van der Waals surface area (Å²) in [5.41, 5.74) is 2.33. The summed E-state index contributed by atoms with van der Waals surface area (Å²) in [7, 11) is 0. The highest BCUT2D eigenvalue weighted by Crippen LogP contribution is 2.05. The van der Waals surface area contributed by atoms with Crippen molar-refractivity contribution in [3.05, 3.63) is 98.1 Å². The molecule has 0 aliphatic heterocycles. The van der Waals surface area contributed by atoms with Gasteiger partial charge in [-0.25, -0.2) is 9.13 Å². The van der Waals surface area contributed by atoms with Crippen molar-refractivity contribution in [3.8, 4) is 11.4 Å². The molecule has 112 valence electrons. The van der Waals surface area contributed by atoms with E-state index in [-0.39, 0.29) is 0 Å². The van der Waals surface area contributed by atoms with Gasteiger partial charge in [-0.1, -0.05) is 36.4 Å². The largest absolute Gasteiger partial charge is 0.252 e. The Hall–Kier alpha value is -3.14. The molecule has 4 aromatic rings. The molecule has 0 spiro atoms. The van der Waals surface area contributed by atoms with E-state index in [2.05, 4.69) is 80.0 Å². The van der Waals surface area contributed by atoms with Crippen molar-refractivity contribution in [2.24, 2.45) is 0 Å². The first-order chi connectivity index (χ1) is 11.4. The van der Waals surface area contributed by atoms with E-state index in [1.807, 2.05) is 36.4 Å². The lowest BCUT2D eigenvalue weighted by Gasteiger charge is -1.95. The lowest BCUT2D eigenvalue weighted by molar-refractivity contribution is -0.912. The first-order valence-electron chi connectivity index (χ1n) is 7.63. The first kappa shape index (κ1) is 13.5. The van der Waals surface area contributed by atoms with Gasteiger partial charge in [0.2, 0.25) is 6.67 Å². The van der Waals surface area contributed by atoms with Crippen LogP contribution in [0.4, 0.5) is 0 Å². The Kier molecular flexibility index (Phi) is 3.48. The molecular weight excluding hydrogens is 284 g/mol. The Balaban J connectivity index is 1.53. The Morgan fingerprint density at radius 2 is 1.04 bits per heavy atom. The minimum absolute atomic E-state index is 0.777. The molecule has 0 aliphatic carbocycles. The molecule has 0 atom stereocenters. The van der Waals surface area contributed by atoms with E-state index < -0.39 is 0 Å². The van der Waals surface area contributed by atoms with Gasteiger partial charge in [-0.2, -0.15) is 9.13 Å². The summed E-state index contributed by atoms with van der Waals surface area (Å²) < 4.78 is 8.55. The van der Waals surface area contributed by atoms with E-state index in [0.29, 0.717) is 0 Å². The van der Waals surface area contributed by atoms with Crippen molar-refractivity contribution in [2.75, 3.05) is 0 Å². The topological polar surface area (TPSA) is 17.6 Å². The maximum absolute atomic E-state index is 2.16. The molecule has 2 aromatic carbocycles. The third kappa shape index (κ3) is 2.92. The molecule has 4 nitrogen and oxygen atoms in total. The number of hydrogen-bond acceptors (Lipinski definition) is 0. The zero-order valence-corrected chi connectivity index (χ0v) is 12.7. The summed E-state index contributed by atoms with van der Waals surface area (Å²) in [6.07, 6.45) is 12.5. The SMILES string of the molecule is c1ccc(-n2cc[n+](C[n+]3ccn(-c4ccccc4)c3)c2)cc1. The van der Waals surface area contributed by atoms with Gasteiger partial charge in [0.25, 0.3) is 12.7 Å². The summed E-state index contributed by atoms with van der Waals surface area (Å²) in [5.74, 6) is 0. The molecule has 23 heavy (non-hydrogen) atoms. The molecule has 2 aromatic heterocycles. The fraction of sp³-hybridized carbons (Fsp3) is 0.0526. The van der Waals surface area contributed by atoms with Gasteiger partial charge < -0.3 is 0 Å². The van der Waals surface area contributed by atoms with Gasteiger partial charge in [0.1, 0.15) is 36.2 Å². The van der Waals surface area contributed by atoms with E-state index in [9.17, 15) is 0 Å². The van der Waals surface area contributed by atoms with Crippen LogP contribution in [0.15, 0.2) is 98.1 Å². The Bertz CT molecular complexity index is 816. The van der Waals surface area contributed by atoms with E-state index in [0.717, 1.165) is 18.0 Å². The third-order valence-electron chi connectivity index (χ3n) is 3.82. The number of benzene rings is 2. The molecule has 0 unspecified atom stereocenters.